The summed E-state index contributed by atoms with van der Waals surface area (Å²) in [7, 11) is 1.54. The van der Waals surface area contributed by atoms with E-state index in [-0.39, 0.29) is 17.8 Å². The van der Waals surface area contributed by atoms with Crippen molar-refractivity contribution in [1.29, 1.82) is 10.7 Å². The van der Waals surface area contributed by atoms with Gasteiger partial charge in [-0.3, -0.25) is 10.2 Å². The van der Waals surface area contributed by atoms with Crippen molar-refractivity contribution in [3.63, 3.8) is 0 Å². The highest BCUT2D eigenvalue weighted by atomic mass is 16.5. The molecule has 0 bridgehead atoms. The Morgan fingerprint density at radius 2 is 2.03 bits per heavy atom. The number of ether oxygens (including phenoxy) is 2. The monoisotopic (exact) mass is 513 g/mol. The average molecular weight is 514 g/mol. The molecular weight excluding hydrogens is 486 g/mol. The largest absolute Gasteiger partial charge is 0.489 e. The first-order valence-electron chi connectivity index (χ1n) is 11.9. The van der Waals surface area contributed by atoms with E-state index in [4.69, 9.17) is 20.6 Å². The summed E-state index contributed by atoms with van der Waals surface area (Å²) in [5, 5.41) is 20.6. The Morgan fingerprint density at radius 3 is 2.74 bits per heavy atom. The first kappa shape index (κ1) is 26.0. The normalized spacial score (nSPS) is 13.9. The van der Waals surface area contributed by atoms with E-state index in [1.807, 2.05) is 6.07 Å². The highest BCUT2D eigenvalue weighted by Gasteiger charge is 2.26. The second kappa shape index (κ2) is 11.8. The summed E-state index contributed by atoms with van der Waals surface area (Å²) >= 11 is 0. The van der Waals surface area contributed by atoms with Gasteiger partial charge in [0.25, 0.3) is 5.91 Å². The molecule has 194 valence electrons. The zero-order valence-electron chi connectivity index (χ0n) is 21.0. The second-order valence-electron chi connectivity index (χ2n) is 8.49. The number of carbonyl (C=O) groups is 1. The number of nitriles is 1. The maximum Gasteiger partial charge on any atom is 0.291 e. The molecule has 1 aliphatic rings. The summed E-state index contributed by atoms with van der Waals surface area (Å²) < 4.78 is 11.3. The van der Waals surface area contributed by atoms with Gasteiger partial charge in [-0.2, -0.15) is 10.2 Å². The Labute approximate surface area is 219 Å². The molecule has 3 heterocycles. The van der Waals surface area contributed by atoms with Gasteiger partial charge >= 0.3 is 0 Å². The predicted molar refractivity (Wildman–Crippen MR) is 142 cm³/mol. The molecule has 0 radical (unpaired) electrons. The topological polar surface area (TPSA) is 175 Å². The molecule has 1 saturated heterocycles. The summed E-state index contributed by atoms with van der Waals surface area (Å²) in [6, 6.07) is 14.6. The molecule has 12 nitrogen and oxygen atoms in total. The van der Waals surface area contributed by atoms with E-state index in [0.29, 0.717) is 60.6 Å². The van der Waals surface area contributed by atoms with Crippen LogP contribution < -0.4 is 20.5 Å². The number of anilines is 2. The van der Waals surface area contributed by atoms with Crippen LogP contribution >= 0.6 is 0 Å². The molecule has 38 heavy (non-hydrogen) atoms. The Bertz CT molecular complexity index is 1410. The predicted octanol–water partition coefficient (Wildman–Crippen LogP) is 2.89. The lowest BCUT2D eigenvalue weighted by atomic mass is 10.1. The summed E-state index contributed by atoms with van der Waals surface area (Å²) in [5.74, 6) is 1.14. The molecule has 1 amide bonds. The number of pyridine rings is 1. The van der Waals surface area contributed by atoms with Gasteiger partial charge in [-0.25, -0.2) is 15.0 Å². The van der Waals surface area contributed by atoms with Crippen LogP contribution in [0.3, 0.4) is 0 Å². The van der Waals surface area contributed by atoms with Gasteiger partial charge in [-0.05, 0) is 37.3 Å². The molecule has 0 unspecified atom stereocenters. The van der Waals surface area contributed by atoms with Gasteiger partial charge in [-0.15, -0.1) is 0 Å². The molecule has 1 aromatic carbocycles. The fourth-order valence-electron chi connectivity index (χ4n) is 3.90. The van der Waals surface area contributed by atoms with Gasteiger partial charge in [0.1, 0.15) is 23.7 Å². The third kappa shape index (κ3) is 6.38. The Balaban J connectivity index is 1.42. The standard InChI is InChI=1S/C26H27N9O3/c1-16(28)31-24(29)25(36)35-12-9-19(10-13-35)38-21-7-6-17(14-18(21)15-27)20-8-11-30-26(32-20)34-22-4-3-5-23(33-22)37-2/h3-8,11,14,19H,9-10,12-13H2,1-2H3,(H3,28,29,31)(H,30,32,33,34). The van der Waals surface area contributed by atoms with Gasteiger partial charge in [0.2, 0.25) is 17.7 Å². The summed E-state index contributed by atoms with van der Waals surface area (Å²) in [4.78, 5) is 30.7. The van der Waals surface area contributed by atoms with Crippen LogP contribution in [-0.2, 0) is 4.79 Å². The highest BCUT2D eigenvalue weighted by Crippen LogP contribution is 2.28. The van der Waals surface area contributed by atoms with Crippen molar-refractivity contribution in [2.24, 2.45) is 10.7 Å². The van der Waals surface area contributed by atoms with Gasteiger partial charge in [-0.1, -0.05) is 6.07 Å². The van der Waals surface area contributed by atoms with E-state index in [2.05, 4.69) is 31.3 Å². The molecule has 3 aromatic rings. The van der Waals surface area contributed by atoms with Crippen molar-refractivity contribution in [3.05, 3.63) is 54.2 Å². The number of piperidine rings is 1. The number of rotatable bonds is 6. The number of aromatic nitrogens is 3. The number of aliphatic imine (C=N–C) groups is 1. The minimum atomic E-state index is -0.462. The fraction of sp³-hybridized carbons (Fsp3) is 0.269. The number of nitrogens with one attached hydrogen (secondary N) is 2. The minimum absolute atomic E-state index is 0.164. The third-order valence-electron chi connectivity index (χ3n) is 5.74. The zero-order valence-corrected chi connectivity index (χ0v) is 21.0. The van der Waals surface area contributed by atoms with Crippen LogP contribution in [-0.4, -0.2) is 63.7 Å². The lowest BCUT2D eigenvalue weighted by molar-refractivity contribution is -0.125. The van der Waals surface area contributed by atoms with Crippen LogP contribution in [0.2, 0.25) is 0 Å². The van der Waals surface area contributed by atoms with Crippen LogP contribution in [0.4, 0.5) is 11.8 Å². The van der Waals surface area contributed by atoms with Crippen molar-refractivity contribution in [2.45, 2.75) is 25.9 Å². The first-order valence-corrected chi connectivity index (χ1v) is 11.9. The van der Waals surface area contributed by atoms with Crippen molar-refractivity contribution in [3.8, 4) is 29.0 Å². The number of methoxy groups -OCH3 is 1. The molecule has 4 N–H and O–H groups in total. The number of amides is 1. The van der Waals surface area contributed by atoms with Crippen molar-refractivity contribution in [1.82, 2.24) is 19.9 Å². The van der Waals surface area contributed by atoms with Crippen LogP contribution in [0.25, 0.3) is 11.3 Å². The van der Waals surface area contributed by atoms with E-state index < -0.39 is 5.91 Å². The number of carbonyl (C=O) groups excluding carboxylic acids is 1. The molecular formula is C26H27N9O3. The molecule has 0 spiro atoms. The van der Waals surface area contributed by atoms with Crippen LogP contribution in [0.15, 0.2) is 53.7 Å². The fourth-order valence-corrected chi connectivity index (χ4v) is 3.90. The molecule has 0 saturated carbocycles. The number of hydrogen-bond donors (Lipinski definition) is 3. The van der Waals surface area contributed by atoms with E-state index in [9.17, 15) is 10.1 Å². The van der Waals surface area contributed by atoms with Crippen LogP contribution in [0, 0.1) is 16.7 Å². The first-order chi connectivity index (χ1) is 18.4. The van der Waals surface area contributed by atoms with Gasteiger partial charge in [0.05, 0.1) is 24.2 Å². The van der Waals surface area contributed by atoms with E-state index >= 15 is 0 Å². The maximum atomic E-state index is 12.4. The maximum absolute atomic E-state index is 12.4. The molecule has 0 aliphatic carbocycles. The molecule has 0 atom stereocenters. The van der Waals surface area contributed by atoms with Crippen LogP contribution in [0.1, 0.15) is 25.3 Å². The number of hydrogen-bond acceptors (Lipinski definition) is 9. The number of nitrogens with zero attached hydrogens (tertiary/aromatic N) is 6. The number of benzene rings is 1. The van der Waals surface area contributed by atoms with Crippen molar-refractivity contribution in [2.75, 3.05) is 25.5 Å². The van der Waals surface area contributed by atoms with E-state index in [1.165, 1.54) is 6.92 Å². The van der Waals surface area contributed by atoms with Crippen molar-refractivity contribution < 1.29 is 14.3 Å². The number of amidine groups is 2. The number of likely N-dealkylation sites (tertiary alicyclic amines) is 1. The summed E-state index contributed by atoms with van der Waals surface area (Å²) in [6.07, 6.45) is 2.58. The van der Waals surface area contributed by atoms with E-state index in [0.717, 1.165) is 5.56 Å². The summed E-state index contributed by atoms with van der Waals surface area (Å²) in [5.41, 5.74) is 7.19. The Kier molecular flexibility index (Phi) is 8.07. The van der Waals surface area contributed by atoms with E-state index in [1.54, 1.807) is 54.6 Å². The lowest BCUT2D eigenvalue weighted by Crippen LogP contribution is -2.44. The Morgan fingerprint density at radius 1 is 1.24 bits per heavy atom. The van der Waals surface area contributed by atoms with Gasteiger partial charge < -0.3 is 25.4 Å². The molecule has 1 fully saturated rings. The molecule has 4 rings (SSSR count). The SMILES string of the molecule is COc1cccc(Nc2nccc(-c3ccc(OC4CCN(C(=O)C(=N)N=C(C)N)CC4)c(C#N)c3)n2)n1. The minimum Gasteiger partial charge on any atom is -0.489 e. The smallest absolute Gasteiger partial charge is 0.291 e. The van der Waals surface area contributed by atoms with Gasteiger partial charge in [0, 0.05) is 43.8 Å². The highest BCUT2D eigenvalue weighted by molar-refractivity contribution is 6.38. The van der Waals surface area contributed by atoms with Crippen molar-refractivity contribution >= 4 is 29.3 Å². The van der Waals surface area contributed by atoms with Gasteiger partial charge in [0.15, 0.2) is 0 Å². The lowest BCUT2D eigenvalue weighted by Gasteiger charge is -2.32. The third-order valence-corrected chi connectivity index (χ3v) is 5.74. The molecule has 1 aliphatic heterocycles. The molecule has 12 heteroatoms. The average Bonchev–Trinajstić information content (AvgIpc) is 2.93. The Hall–Kier alpha value is -5.05. The zero-order chi connectivity index (χ0) is 27.1. The van der Waals surface area contributed by atoms with Crippen LogP contribution in [0.5, 0.6) is 11.6 Å². The molecule has 2 aromatic heterocycles. The quantitative estimate of drug-likeness (QED) is 0.330. The summed E-state index contributed by atoms with van der Waals surface area (Å²) in [6.45, 7) is 2.37. The second-order valence-corrected chi connectivity index (χ2v) is 8.49. The number of nitrogens with two attached hydrogens (primary N) is 1.